The van der Waals surface area contributed by atoms with Gasteiger partial charge in [-0.15, -0.1) is 0 Å². The zero-order valence-corrected chi connectivity index (χ0v) is 17.3. The molecule has 2 heterocycles. The van der Waals surface area contributed by atoms with Crippen molar-refractivity contribution in [2.75, 3.05) is 5.01 Å². The molecule has 0 saturated heterocycles. The first kappa shape index (κ1) is 21.2. The van der Waals surface area contributed by atoms with Crippen molar-refractivity contribution in [3.05, 3.63) is 34.6 Å². The van der Waals surface area contributed by atoms with Gasteiger partial charge >= 0.3 is 0 Å². The molecule has 0 aliphatic rings. The number of carbonyl (C=O) groups is 2. The molecule has 0 saturated carbocycles. The Morgan fingerprint density at radius 3 is 2.26 bits per heavy atom. The minimum atomic E-state index is -0.213. The molecule has 5 nitrogen and oxygen atoms in total. The van der Waals surface area contributed by atoms with E-state index in [2.05, 4.69) is 11.9 Å². The van der Waals surface area contributed by atoms with Gasteiger partial charge < -0.3 is 0 Å². The molecule has 6 heteroatoms. The Labute approximate surface area is 166 Å². The molecule has 2 aromatic heterocycles. The molecule has 0 fully saturated rings. The second-order valence-electron chi connectivity index (χ2n) is 6.76. The molecule has 0 aliphatic heterocycles. The van der Waals surface area contributed by atoms with Crippen LogP contribution in [-0.4, -0.2) is 21.5 Å². The third-order valence-corrected chi connectivity index (χ3v) is 4.93. The van der Waals surface area contributed by atoms with Gasteiger partial charge in [0.25, 0.3) is 0 Å². The van der Waals surface area contributed by atoms with Crippen molar-refractivity contribution >= 4 is 35.1 Å². The van der Waals surface area contributed by atoms with Crippen LogP contribution in [0.5, 0.6) is 0 Å². The highest BCUT2D eigenvalue weighted by Gasteiger charge is 2.25. The first-order valence-electron chi connectivity index (χ1n) is 9.90. The van der Waals surface area contributed by atoms with Crippen molar-refractivity contribution in [1.29, 1.82) is 0 Å². The van der Waals surface area contributed by atoms with E-state index in [4.69, 9.17) is 12.2 Å². The van der Waals surface area contributed by atoms with Gasteiger partial charge in [-0.1, -0.05) is 52.3 Å². The predicted octanol–water partition coefficient (Wildman–Crippen LogP) is 5.09. The number of hydrogen-bond donors (Lipinski definition) is 0. The number of aryl methyl sites for hydroxylation is 1. The van der Waals surface area contributed by atoms with E-state index in [1.54, 1.807) is 10.9 Å². The number of amides is 2. The molecule has 0 N–H and O–H groups in total. The fourth-order valence-corrected chi connectivity index (χ4v) is 3.37. The lowest BCUT2D eigenvalue weighted by Crippen LogP contribution is -2.46. The molecule has 0 aliphatic carbocycles. The second kappa shape index (κ2) is 10.3. The van der Waals surface area contributed by atoms with Crippen molar-refractivity contribution in [1.82, 2.24) is 9.66 Å². The number of carbonyl (C=O) groups excluding carboxylic acids is 2. The number of pyridine rings is 2. The monoisotopic (exact) mass is 387 g/mol. The maximum absolute atomic E-state index is 13.0. The van der Waals surface area contributed by atoms with Crippen molar-refractivity contribution in [3.63, 3.8) is 0 Å². The molecule has 2 amide bonds. The van der Waals surface area contributed by atoms with E-state index in [1.165, 1.54) is 5.01 Å². The van der Waals surface area contributed by atoms with E-state index < -0.39 is 0 Å². The summed E-state index contributed by atoms with van der Waals surface area (Å²) in [6, 6.07) is 5.82. The Bertz CT molecular complexity index is 840. The fraction of sp³-hybridized carbons (Fsp3) is 0.524. The van der Waals surface area contributed by atoms with Crippen molar-refractivity contribution < 1.29 is 9.59 Å². The summed E-state index contributed by atoms with van der Waals surface area (Å²) in [6.07, 6.45) is 7.30. The van der Waals surface area contributed by atoms with Crippen molar-refractivity contribution in [2.24, 2.45) is 0 Å². The van der Waals surface area contributed by atoms with Gasteiger partial charge in [-0.25, -0.2) is 9.66 Å². The summed E-state index contributed by atoms with van der Waals surface area (Å²) in [5.74, 6) is -0.427. The summed E-state index contributed by atoms with van der Waals surface area (Å²) < 4.78 is 2.07. The van der Waals surface area contributed by atoms with E-state index in [0.717, 1.165) is 49.5 Å². The number of rotatable bonds is 9. The van der Waals surface area contributed by atoms with Gasteiger partial charge in [0.15, 0.2) is 5.65 Å². The maximum Gasteiger partial charge on any atom is 0.248 e. The van der Waals surface area contributed by atoms with Gasteiger partial charge in [0.2, 0.25) is 11.8 Å². The smallest absolute Gasteiger partial charge is 0.248 e. The molecule has 146 valence electrons. The van der Waals surface area contributed by atoms with Crippen LogP contribution in [0.4, 0.5) is 0 Å². The first-order valence-corrected chi connectivity index (χ1v) is 10.3. The minimum Gasteiger partial charge on any atom is -0.273 e. The number of aromatic nitrogens is 2. The Kier molecular flexibility index (Phi) is 8.10. The van der Waals surface area contributed by atoms with E-state index in [-0.39, 0.29) is 11.8 Å². The van der Waals surface area contributed by atoms with Gasteiger partial charge in [0.1, 0.15) is 4.64 Å². The molecule has 0 bridgehead atoms. The van der Waals surface area contributed by atoms with E-state index >= 15 is 0 Å². The van der Waals surface area contributed by atoms with Crippen LogP contribution in [0.1, 0.15) is 71.3 Å². The van der Waals surface area contributed by atoms with Crippen LogP contribution in [0.15, 0.2) is 24.4 Å². The highest BCUT2D eigenvalue weighted by atomic mass is 32.1. The maximum atomic E-state index is 13.0. The lowest BCUT2D eigenvalue weighted by atomic mass is 10.1. The summed E-state index contributed by atoms with van der Waals surface area (Å²) in [4.78, 5) is 30.4. The van der Waals surface area contributed by atoms with Gasteiger partial charge in [-0.3, -0.25) is 9.59 Å². The Morgan fingerprint density at radius 1 is 1.07 bits per heavy atom. The minimum absolute atomic E-state index is 0.213. The number of nitrogens with zero attached hydrogens (tertiary/aromatic N) is 3. The highest BCUT2D eigenvalue weighted by Crippen LogP contribution is 2.20. The third-order valence-electron chi connectivity index (χ3n) is 4.49. The van der Waals surface area contributed by atoms with Crippen LogP contribution in [0.3, 0.4) is 0 Å². The summed E-state index contributed by atoms with van der Waals surface area (Å²) >= 11 is 5.70. The Morgan fingerprint density at radius 2 is 1.70 bits per heavy atom. The summed E-state index contributed by atoms with van der Waals surface area (Å²) in [7, 11) is 0. The second-order valence-corrected chi connectivity index (χ2v) is 7.15. The number of unbranched alkanes of at least 4 members (excludes halogenated alkanes) is 2. The first-order chi connectivity index (χ1) is 13.0. The Hall–Kier alpha value is -2.08. The fourth-order valence-electron chi connectivity index (χ4n) is 3.04. The topological polar surface area (TPSA) is 55.2 Å². The molecule has 2 rings (SSSR count). The molecule has 0 unspecified atom stereocenters. The normalized spacial score (nSPS) is 10.9. The summed E-state index contributed by atoms with van der Waals surface area (Å²) in [5.41, 5.74) is 1.52. The lowest BCUT2D eigenvalue weighted by molar-refractivity contribution is -0.129. The van der Waals surface area contributed by atoms with Gasteiger partial charge in [0.05, 0.1) is 0 Å². The number of imide groups is 1. The van der Waals surface area contributed by atoms with Crippen LogP contribution < -0.4 is 5.01 Å². The molecular formula is C21H29N3O2S. The Balaban J connectivity index is 2.67. The standard InChI is InChI=1S/C21H29N3O2S/c1-4-7-12-18(25)23(19(26)13-8-5-2)24-20-16(11-9-14-22-20)15-17(10-6-3)21(24)27/h9,11,14-15H,4-8,10,12-13H2,1-3H3. The molecule has 27 heavy (non-hydrogen) atoms. The zero-order valence-electron chi connectivity index (χ0n) is 16.5. The van der Waals surface area contributed by atoms with Crippen molar-refractivity contribution in [3.8, 4) is 0 Å². The average Bonchev–Trinajstić information content (AvgIpc) is 2.67. The summed E-state index contributed by atoms with van der Waals surface area (Å²) in [5, 5.41) is 2.13. The van der Waals surface area contributed by atoms with E-state index in [9.17, 15) is 9.59 Å². The average molecular weight is 388 g/mol. The molecule has 0 spiro atoms. The van der Waals surface area contributed by atoms with Crippen molar-refractivity contribution in [2.45, 2.75) is 72.1 Å². The van der Waals surface area contributed by atoms with Gasteiger partial charge in [-0.05, 0) is 43.0 Å². The summed E-state index contributed by atoms with van der Waals surface area (Å²) in [6.45, 7) is 6.14. The zero-order chi connectivity index (χ0) is 19.8. The van der Waals surface area contributed by atoms with E-state index in [1.807, 2.05) is 32.0 Å². The quantitative estimate of drug-likeness (QED) is 0.562. The van der Waals surface area contributed by atoms with Crippen LogP contribution in [0.2, 0.25) is 0 Å². The molecular weight excluding hydrogens is 358 g/mol. The van der Waals surface area contributed by atoms with Gasteiger partial charge in [0, 0.05) is 24.4 Å². The number of fused-ring (bicyclic) bond motifs is 1. The largest absolute Gasteiger partial charge is 0.273 e. The van der Waals surface area contributed by atoms with E-state index in [0.29, 0.717) is 23.1 Å². The third kappa shape index (κ3) is 5.01. The molecule has 0 aromatic carbocycles. The molecule has 2 aromatic rings. The van der Waals surface area contributed by atoms with Gasteiger partial charge in [-0.2, -0.15) is 5.01 Å². The molecule has 0 atom stereocenters. The molecule has 0 radical (unpaired) electrons. The lowest BCUT2D eigenvalue weighted by Gasteiger charge is -2.25. The predicted molar refractivity (Wildman–Crippen MR) is 112 cm³/mol. The SMILES string of the molecule is CCCCC(=O)N(C(=O)CCCC)n1c(=S)c(CCC)cc2cccnc21. The number of hydrogen-bond acceptors (Lipinski definition) is 4. The highest BCUT2D eigenvalue weighted by molar-refractivity contribution is 7.71. The van der Waals surface area contributed by atoms with Crippen LogP contribution in [0, 0.1) is 4.64 Å². The van der Waals surface area contributed by atoms with Crippen LogP contribution in [0.25, 0.3) is 11.0 Å². The van der Waals surface area contributed by atoms with Crippen LogP contribution in [-0.2, 0) is 16.0 Å². The van der Waals surface area contributed by atoms with Crippen LogP contribution >= 0.6 is 12.2 Å².